The number of halogens is 2. The SMILES string of the molecule is CCCC(CCO)CNC(=NCc1cc(F)ccc1F)NCC. The van der Waals surface area contributed by atoms with Gasteiger partial charge in [-0.3, -0.25) is 0 Å². The van der Waals surface area contributed by atoms with E-state index in [1.54, 1.807) is 0 Å². The van der Waals surface area contributed by atoms with Gasteiger partial charge in [0, 0.05) is 25.3 Å². The fraction of sp³-hybridized carbons (Fsp3) is 0.588. The van der Waals surface area contributed by atoms with E-state index in [1.165, 1.54) is 0 Å². The van der Waals surface area contributed by atoms with E-state index in [9.17, 15) is 8.78 Å². The van der Waals surface area contributed by atoms with Gasteiger partial charge >= 0.3 is 0 Å². The maximum atomic E-state index is 13.6. The van der Waals surface area contributed by atoms with Gasteiger partial charge in [-0.15, -0.1) is 0 Å². The van der Waals surface area contributed by atoms with Crippen molar-refractivity contribution in [1.82, 2.24) is 10.6 Å². The molecule has 0 heterocycles. The zero-order valence-corrected chi connectivity index (χ0v) is 13.9. The lowest BCUT2D eigenvalue weighted by atomic mass is 10.0. The minimum Gasteiger partial charge on any atom is -0.396 e. The Kier molecular flexibility index (Phi) is 9.21. The van der Waals surface area contributed by atoms with Crippen LogP contribution in [0.2, 0.25) is 0 Å². The molecule has 1 aromatic rings. The molecule has 3 N–H and O–H groups in total. The minimum absolute atomic E-state index is 0.0668. The van der Waals surface area contributed by atoms with Crippen LogP contribution in [0.4, 0.5) is 8.78 Å². The first-order valence-electron chi connectivity index (χ1n) is 8.17. The Morgan fingerprint density at radius 2 is 2.00 bits per heavy atom. The lowest BCUT2D eigenvalue weighted by Crippen LogP contribution is -2.40. The standard InChI is InChI=1S/C17H27F2N3O/c1-3-5-13(8-9-23)11-21-17(20-4-2)22-12-14-10-15(18)6-7-16(14)19/h6-7,10,13,23H,3-5,8-9,11-12H2,1-2H3,(H2,20,21,22). The molecule has 6 heteroatoms. The molecule has 0 aromatic heterocycles. The van der Waals surface area contributed by atoms with Crippen molar-refractivity contribution < 1.29 is 13.9 Å². The van der Waals surface area contributed by atoms with Crippen LogP contribution >= 0.6 is 0 Å². The van der Waals surface area contributed by atoms with Crippen LogP contribution in [-0.2, 0) is 6.54 Å². The molecule has 0 aliphatic rings. The Labute approximate surface area is 137 Å². The Morgan fingerprint density at radius 1 is 1.22 bits per heavy atom. The number of nitrogens with one attached hydrogen (secondary N) is 2. The van der Waals surface area contributed by atoms with Gasteiger partial charge in [0.25, 0.3) is 0 Å². The Hall–Kier alpha value is -1.69. The molecule has 1 rings (SSSR count). The number of nitrogens with zero attached hydrogens (tertiary/aromatic N) is 1. The molecule has 0 radical (unpaired) electrons. The maximum absolute atomic E-state index is 13.6. The second-order valence-corrected chi connectivity index (χ2v) is 5.48. The number of hydrogen-bond acceptors (Lipinski definition) is 2. The van der Waals surface area contributed by atoms with Crippen LogP contribution in [0, 0.1) is 17.6 Å². The summed E-state index contributed by atoms with van der Waals surface area (Å²) in [5.41, 5.74) is 0.225. The van der Waals surface area contributed by atoms with Crippen LogP contribution in [0.15, 0.2) is 23.2 Å². The van der Waals surface area contributed by atoms with Crippen LogP contribution in [0.25, 0.3) is 0 Å². The number of aliphatic imine (C=N–C) groups is 1. The fourth-order valence-electron chi connectivity index (χ4n) is 2.35. The van der Waals surface area contributed by atoms with Crippen molar-refractivity contribution in [3.8, 4) is 0 Å². The van der Waals surface area contributed by atoms with E-state index in [0.717, 1.165) is 37.5 Å². The second kappa shape index (κ2) is 10.9. The molecular formula is C17H27F2N3O. The van der Waals surface area contributed by atoms with Gasteiger partial charge in [0.05, 0.1) is 6.54 Å². The summed E-state index contributed by atoms with van der Waals surface area (Å²) >= 11 is 0. The van der Waals surface area contributed by atoms with Gasteiger partial charge in [-0.1, -0.05) is 13.3 Å². The van der Waals surface area contributed by atoms with Gasteiger partial charge in [-0.2, -0.15) is 0 Å². The van der Waals surface area contributed by atoms with Crippen LogP contribution < -0.4 is 10.6 Å². The molecule has 23 heavy (non-hydrogen) atoms. The van der Waals surface area contributed by atoms with E-state index in [-0.39, 0.29) is 18.7 Å². The highest BCUT2D eigenvalue weighted by molar-refractivity contribution is 5.79. The number of aliphatic hydroxyl groups excluding tert-OH is 1. The van der Waals surface area contributed by atoms with Crippen LogP contribution in [0.1, 0.15) is 38.7 Å². The zero-order valence-electron chi connectivity index (χ0n) is 13.9. The van der Waals surface area contributed by atoms with Crippen molar-refractivity contribution in [2.45, 2.75) is 39.7 Å². The molecule has 0 bridgehead atoms. The summed E-state index contributed by atoms with van der Waals surface area (Å²) in [6, 6.07) is 3.36. The molecule has 1 atom stereocenters. The van der Waals surface area contributed by atoms with Crippen molar-refractivity contribution in [3.05, 3.63) is 35.4 Å². The maximum Gasteiger partial charge on any atom is 0.191 e. The topological polar surface area (TPSA) is 56.6 Å². The largest absolute Gasteiger partial charge is 0.396 e. The van der Waals surface area contributed by atoms with E-state index in [0.29, 0.717) is 25.0 Å². The monoisotopic (exact) mass is 327 g/mol. The highest BCUT2D eigenvalue weighted by Gasteiger charge is 2.09. The Balaban J connectivity index is 2.67. The van der Waals surface area contributed by atoms with Crippen LogP contribution in [0.3, 0.4) is 0 Å². The first-order valence-corrected chi connectivity index (χ1v) is 8.17. The first kappa shape index (κ1) is 19.4. The van der Waals surface area contributed by atoms with E-state index >= 15 is 0 Å². The lowest BCUT2D eigenvalue weighted by molar-refractivity contribution is 0.251. The third-order valence-electron chi connectivity index (χ3n) is 3.55. The van der Waals surface area contributed by atoms with Gasteiger partial charge in [0.1, 0.15) is 11.6 Å². The summed E-state index contributed by atoms with van der Waals surface area (Å²) in [5, 5.41) is 15.4. The normalized spacial score (nSPS) is 13.0. The molecule has 0 aliphatic carbocycles. The summed E-state index contributed by atoms with van der Waals surface area (Å²) in [5.74, 6) is -0.00869. The van der Waals surface area contributed by atoms with Crippen LogP contribution in [0.5, 0.6) is 0 Å². The number of guanidine groups is 1. The summed E-state index contributed by atoms with van der Waals surface area (Å²) in [7, 11) is 0. The van der Waals surface area contributed by atoms with Crippen molar-refractivity contribution in [2.75, 3.05) is 19.7 Å². The van der Waals surface area contributed by atoms with Crippen molar-refractivity contribution in [3.63, 3.8) is 0 Å². The highest BCUT2D eigenvalue weighted by Crippen LogP contribution is 2.11. The third-order valence-corrected chi connectivity index (χ3v) is 3.55. The van der Waals surface area contributed by atoms with Gasteiger partial charge in [0.15, 0.2) is 5.96 Å². The minimum atomic E-state index is -0.472. The predicted octanol–water partition coefficient (Wildman–Crippen LogP) is 2.82. The van der Waals surface area contributed by atoms with Gasteiger partial charge < -0.3 is 15.7 Å². The number of rotatable bonds is 9. The van der Waals surface area contributed by atoms with Crippen molar-refractivity contribution in [1.29, 1.82) is 0 Å². The summed E-state index contributed by atoms with van der Waals surface area (Å²) < 4.78 is 26.8. The molecule has 0 amide bonds. The lowest BCUT2D eigenvalue weighted by Gasteiger charge is -2.18. The number of hydrogen-bond donors (Lipinski definition) is 3. The molecule has 1 unspecified atom stereocenters. The fourth-order valence-corrected chi connectivity index (χ4v) is 2.35. The van der Waals surface area contributed by atoms with E-state index < -0.39 is 11.6 Å². The van der Waals surface area contributed by atoms with Gasteiger partial charge in [-0.05, 0) is 43.9 Å². The van der Waals surface area contributed by atoms with E-state index in [4.69, 9.17) is 5.11 Å². The quantitative estimate of drug-likeness (QED) is 0.483. The first-order chi connectivity index (χ1) is 11.1. The Bertz CT molecular complexity index is 489. The summed E-state index contributed by atoms with van der Waals surface area (Å²) in [6.07, 6.45) is 2.80. The Morgan fingerprint density at radius 3 is 2.65 bits per heavy atom. The molecule has 0 saturated carbocycles. The average Bonchev–Trinajstić information content (AvgIpc) is 2.53. The van der Waals surface area contributed by atoms with Crippen LogP contribution in [-0.4, -0.2) is 30.8 Å². The average molecular weight is 327 g/mol. The smallest absolute Gasteiger partial charge is 0.191 e. The number of benzene rings is 1. The predicted molar refractivity (Wildman–Crippen MR) is 89.3 cm³/mol. The molecule has 4 nitrogen and oxygen atoms in total. The summed E-state index contributed by atoms with van der Waals surface area (Å²) in [6.45, 7) is 5.64. The second-order valence-electron chi connectivity index (χ2n) is 5.48. The summed E-state index contributed by atoms with van der Waals surface area (Å²) in [4.78, 5) is 4.30. The van der Waals surface area contributed by atoms with E-state index in [2.05, 4.69) is 22.5 Å². The molecule has 130 valence electrons. The van der Waals surface area contributed by atoms with Crippen molar-refractivity contribution >= 4 is 5.96 Å². The van der Waals surface area contributed by atoms with Gasteiger partial charge in [-0.25, -0.2) is 13.8 Å². The zero-order chi connectivity index (χ0) is 17.1. The van der Waals surface area contributed by atoms with Crippen molar-refractivity contribution in [2.24, 2.45) is 10.9 Å². The molecular weight excluding hydrogens is 300 g/mol. The molecule has 0 fully saturated rings. The molecule has 0 saturated heterocycles. The number of aliphatic hydroxyl groups is 1. The molecule has 0 spiro atoms. The molecule has 1 aromatic carbocycles. The third kappa shape index (κ3) is 7.41. The van der Waals surface area contributed by atoms with Gasteiger partial charge in [0.2, 0.25) is 0 Å². The van der Waals surface area contributed by atoms with E-state index in [1.807, 2.05) is 6.92 Å². The molecule has 0 aliphatic heterocycles. The highest BCUT2D eigenvalue weighted by atomic mass is 19.1.